The van der Waals surface area contributed by atoms with Crippen LogP contribution >= 0.6 is 0 Å². The molecule has 0 bridgehead atoms. The molecule has 0 aliphatic carbocycles. The van der Waals surface area contributed by atoms with Crippen LogP contribution in [0.15, 0.2) is 77.7 Å². The summed E-state index contributed by atoms with van der Waals surface area (Å²) in [5.41, 5.74) is 2.81. The molecule has 2 amide bonds. The number of methoxy groups -OCH3 is 1. The van der Waals surface area contributed by atoms with Crippen molar-refractivity contribution in [2.45, 2.75) is 64.6 Å². The van der Waals surface area contributed by atoms with Gasteiger partial charge < -0.3 is 15.0 Å². The minimum atomic E-state index is -4.11. The van der Waals surface area contributed by atoms with E-state index in [1.807, 2.05) is 45.9 Å². The lowest BCUT2D eigenvalue weighted by molar-refractivity contribution is -0.139. The molecular formula is C31H39N3O5S. The largest absolute Gasteiger partial charge is 0.497 e. The number of hydrogen-bond donors (Lipinski definition) is 1. The molecule has 0 unspecified atom stereocenters. The minimum absolute atomic E-state index is 0.0746. The topological polar surface area (TPSA) is 96.0 Å². The van der Waals surface area contributed by atoms with Crippen LogP contribution in [0, 0.1) is 13.8 Å². The van der Waals surface area contributed by atoms with Crippen LogP contribution in [-0.4, -0.2) is 50.9 Å². The molecule has 1 N–H and O–H groups in total. The van der Waals surface area contributed by atoms with Crippen molar-refractivity contribution in [3.63, 3.8) is 0 Å². The van der Waals surface area contributed by atoms with Crippen molar-refractivity contribution < 1.29 is 22.7 Å². The molecule has 0 aliphatic heterocycles. The molecule has 214 valence electrons. The average Bonchev–Trinajstić information content (AvgIpc) is 2.96. The molecule has 9 heteroatoms. The molecule has 0 aromatic heterocycles. The normalized spacial score (nSPS) is 12.8. The highest BCUT2D eigenvalue weighted by atomic mass is 32.2. The molecule has 40 heavy (non-hydrogen) atoms. The number of ether oxygens (including phenoxy) is 1. The van der Waals surface area contributed by atoms with Crippen LogP contribution in [0.3, 0.4) is 0 Å². The summed E-state index contributed by atoms with van der Waals surface area (Å²) in [4.78, 5) is 28.7. The third-order valence-electron chi connectivity index (χ3n) is 7.11. The van der Waals surface area contributed by atoms with Crippen LogP contribution in [0.5, 0.6) is 5.75 Å². The number of hydrogen-bond acceptors (Lipinski definition) is 5. The Kier molecular flexibility index (Phi) is 10.3. The van der Waals surface area contributed by atoms with E-state index < -0.39 is 28.5 Å². The maximum Gasteiger partial charge on any atom is 0.264 e. The van der Waals surface area contributed by atoms with Crippen molar-refractivity contribution >= 4 is 27.5 Å². The number of nitrogens with zero attached hydrogens (tertiary/aromatic N) is 2. The lowest BCUT2D eigenvalue weighted by Crippen LogP contribution is -2.52. The zero-order valence-electron chi connectivity index (χ0n) is 24.0. The summed E-state index contributed by atoms with van der Waals surface area (Å²) in [6, 6.07) is 19.7. The van der Waals surface area contributed by atoms with Gasteiger partial charge in [0.25, 0.3) is 10.0 Å². The van der Waals surface area contributed by atoms with Gasteiger partial charge >= 0.3 is 0 Å². The Morgan fingerprint density at radius 1 is 0.950 bits per heavy atom. The van der Waals surface area contributed by atoms with E-state index >= 15 is 0 Å². The Morgan fingerprint density at radius 3 is 2.27 bits per heavy atom. The van der Waals surface area contributed by atoms with E-state index in [0.717, 1.165) is 27.4 Å². The second-order valence-electron chi connectivity index (χ2n) is 9.91. The molecule has 8 nitrogen and oxygen atoms in total. The first-order valence-electron chi connectivity index (χ1n) is 13.4. The molecule has 2 atom stereocenters. The monoisotopic (exact) mass is 565 g/mol. The Morgan fingerprint density at radius 2 is 1.62 bits per heavy atom. The molecule has 0 radical (unpaired) electrons. The van der Waals surface area contributed by atoms with Crippen molar-refractivity contribution in [2.75, 3.05) is 18.0 Å². The first kappa shape index (κ1) is 30.7. The minimum Gasteiger partial charge on any atom is -0.497 e. The molecule has 3 aromatic carbocycles. The fraction of sp³-hybridized carbons (Fsp3) is 0.355. The third-order valence-corrected chi connectivity index (χ3v) is 8.88. The molecule has 3 aromatic rings. The number of anilines is 1. The number of benzene rings is 3. The second-order valence-corrected chi connectivity index (χ2v) is 11.8. The highest BCUT2D eigenvalue weighted by Gasteiger charge is 2.33. The number of sulfonamides is 1. The Labute approximate surface area is 238 Å². The Hall–Kier alpha value is -3.85. The summed E-state index contributed by atoms with van der Waals surface area (Å²) in [6.07, 6.45) is 0.734. The van der Waals surface area contributed by atoms with Crippen molar-refractivity contribution in [3.8, 4) is 5.75 Å². The van der Waals surface area contributed by atoms with E-state index in [2.05, 4.69) is 5.32 Å². The molecule has 0 fully saturated rings. The van der Waals surface area contributed by atoms with Gasteiger partial charge in [0.1, 0.15) is 18.3 Å². The van der Waals surface area contributed by atoms with Gasteiger partial charge in [-0.15, -0.1) is 0 Å². The van der Waals surface area contributed by atoms with Crippen molar-refractivity contribution in [1.29, 1.82) is 0 Å². The molecule has 0 spiro atoms. The van der Waals surface area contributed by atoms with Gasteiger partial charge in [0.15, 0.2) is 0 Å². The third kappa shape index (κ3) is 7.21. The summed E-state index contributed by atoms with van der Waals surface area (Å²) in [6.45, 7) is 8.86. The molecular weight excluding hydrogens is 526 g/mol. The summed E-state index contributed by atoms with van der Waals surface area (Å²) >= 11 is 0. The van der Waals surface area contributed by atoms with Crippen LogP contribution in [0.1, 0.15) is 43.9 Å². The molecule has 0 aliphatic rings. The standard InChI is InChI=1S/C31H39N3O5S/c1-7-23(3)32-31(36)25(5)33(20-26-14-12-15-27(19-26)39-6)30(35)21-34(29-18-11-13-22(2)24(29)4)40(37,38)28-16-9-8-10-17-28/h8-19,23,25H,7,20-21H2,1-6H3,(H,32,36)/t23-,25+/m0/s1. The predicted molar refractivity (Wildman–Crippen MR) is 158 cm³/mol. The number of rotatable bonds is 12. The molecule has 0 saturated heterocycles. The maximum atomic E-state index is 14.1. The number of carbonyl (C=O) groups excluding carboxylic acids is 2. The van der Waals surface area contributed by atoms with E-state index in [9.17, 15) is 18.0 Å². The summed E-state index contributed by atoms with van der Waals surface area (Å²) in [7, 11) is -2.55. The van der Waals surface area contributed by atoms with Crippen LogP contribution in [-0.2, 0) is 26.2 Å². The van der Waals surface area contributed by atoms with Gasteiger partial charge in [-0.05, 0) is 81.1 Å². The zero-order chi connectivity index (χ0) is 29.4. The summed E-state index contributed by atoms with van der Waals surface area (Å²) < 4.78 is 34.4. The van der Waals surface area contributed by atoms with Gasteiger partial charge in [0.2, 0.25) is 11.8 Å². The molecule has 0 heterocycles. The summed E-state index contributed by atoms with van der Waals surface area (Å²) in [5, 5.41) is 2.94. The fourth-order valence-corrected chi connectivity index (χ4v) is 5.75. The van der Waals surface area contributed by atoms with Crippen molar-refractivity contribution in [2.24, 2.45) is 0 Å². The maximum absolute atomic E-state index is 14.1. The van der Waals surface area contributed by atoms with Gasteiger partial charge in [-0.1, -0.05) is 49.4 Å². The van der Waals surface area contributed by atoms with Gasteiger partial charge in [0, 0.05) is 12.6 Å². The number of aryl methyl sites for hydroxylation is 1. The lowest BCUT2D eigenvalue weighted by Gasteiger charge is -2.33. The number of nitrogens with one attached hydrogen (secondary N) is 1. The molecule has 3 rings (SSSR count). The highest BCUT2D eigenvalue weighted by Crippen LogP contribution is 2.29. The van der Waals surface area contributed by atoms with Crippen LogP contribution in [0.25, 0.3) is 0 Å². The van der Waals surface area contributed by atoms with Crippen LogP contribution in [0.4, 0.5) is 5.69 Å². The van der Waals surface area contributed by atoms with Gasteiger partial charge in [-0.2, -0.15) is 0 Å². The number of carbonyl (C=O) groups is 2. The first-order chi connectivity index (χ1) is 19.0. The SMILES string of the molecule is CC[C@H](C)NC(=O)[C@@H](C)N(Cc1cccc(OC)c1)C(=O)CN(c1cccc(C)c1C)S(=O)(=O)c1ccccc1. The van der Waals surface area contributed by atoms with Gasteiger partial charge in [0.05, 0.1) is 17.7 Å². The van der Waals surface area contributed by atoms with E-state index in [-0.39, 0.29) is 23.4 Å². The Bertz CT molecular complexity index is 1430. The van der Waals surface area contributed by atoms with Crippen molar-refractivity contribution in [3.05, 3.63) is 89.5 Å². The summed E-state index contributed by atoms with van der Waals surface area (Å²) in [5.74, 6) is -0.199. The van der Waals surface area contributed by atoms with Crippen molar-refractivity contribution in [1.82, 2.24) is 10.2 Å². The van der Waals surface area contributed by atoms with E-state index in [1.54, 1.807) is 56.5 Å². The molecule has 0 saturated carbocycles. The van der Waals surface area contributed by atoms with Gasteiger partial charge in [-0.3, -0.25) is 13.9 Å². The zero-order valence-corrected chi connectivity index (χ0v) is 24.9. The second kappa shape index (κ2) is 13.5. The fourth-order valence-electron chi connectivity index (χ4n) is 4.25. The van der Waals surface area contributed by atoms with E-state index in [1.165, 1.54) is 17.0 Å². The Balaban J connectivity index is 2.06. The first-order valence-corrected chi connectivity index (χ1v) is 14.8. The average molecular weight is 566 g/mol. The smallest absolute Gasteiger partial charge is 0.264 e. The highest BCUT2D eigenvalue weighted by molar-refractivity contribution is 7.92. The van der Waals surface area contributed by atoms with Crippen LogP contribution in [0.2, 0.25) is 0 Å². The number of amides is 2. The quantitative estimate of drug-likeness (QED) is 0.339. The van der Waals surface area contributed by atoms with E-state index in [0.29, 0.717) is 11.4 Å². The predicted octanol–water partition coefficient (Wildman–Crippen LogP) is 4.84. The van der Waals surface area contributed by atoms with E-state index in [4.69, 9.17) is 4.74 Å². The lowest BCUT2D eigenvalue weighted by atomic mass is 10.1. The van der Waals surface area contributed by atoms with Gasteiger partial charge in [-0.25, -0.2) is 8.42 Å². The van der Waals surface area contributed by atoms with Crippen LogP contribution < -0.4 is 14.4 Å².